The third kappa shape index (κ3) is 2.09. The Hall–Kier alpha value is -0.230. The first-order chi connectivity index (χ1) is 7.83. The molecule has 0 radical (unpaired) electrons. The van der Waals surface area contributed by atoms with Crippen molar-refractivity contribution in [1.82, 2.24) is 0 Å². The minimum Gasteiger partial charge on any atom is -0.265 e. The van der Waals surface area contributed by atoms with Gasteiger partial charge in [-0.3, -0.25) is 4.79 Å². The van der Waals surface area contributed by atoms with Crippen LogP contribution in [0.2, 0.25) is 0 Å². The molecule has 1 nitrogen and oxygen atoms in total. The Bertz CT molecular complexity index is 543. The average molecular weight is 284 g/mol. The molecule has 1 unspecified atom stereocenters. The van der Waals surface area contributed by atoms with E-state index in [4.69, 9.17) is 0 Å². The van der Waals surface area contributed by atoms with E-state index in [2.05, 4.69) is 24.3 Å². The molecule has 0 saturated carbocycles. The van der Waals surface area contributed by atoms with Gasteiger partial charge in [0.2, 0.25) is 0 Å². The highest BCUT2D eigenvalue weighted by molar-refractivity contribution is 8.08. The van der Waals surface area contributed by atoms with Crippen molar-refractivity contribution in [1.29, 1.82) is 0 Å². The van der Waals surface area contributed by atoms with Crippen LogP contribution in [0.15, 0.2) is 43.5 Å². The van der Waals surface area contributed by atoms with Crippen LogP contribution in [-0.4, -0.2) is 5.75 Å². The number of fused-ring (bicyclic) bond motifs is 1. The van der Waals surface area contributed by atoms with Crippen LogP contribution in [-0.2, 0) is 0 Å². The normalized spacial score (nSPS) is 19.4. The van der Waals surface area contributed by atoms with Gasteiger partial charge in [-0.05, 0) is 5.56 Å². The molecule has 2 aromatic rings. The van der Waals surface area contributed by atoms with Gasteiger partial charge in [-0.2, -0.15) is 0 Å². The summed E-state index contributed by atoms with van der Waals surface area (Å²) in [5.41, 5.74) is 1.36. The molecule has 1 aliphatic rings. The lowest BCUT2D eigenvalue weighted by molar-refractivity contribution is 1.10. The Morgan fingerprint density at radius 3 is 2.62 bits per heavy atom. The van der Waals surface area contributed by atoms with Gasteiger partial charge >= 0.3 is 0 Å². The van der Waals surface area contributed by atoms with E-state index < -0.39 is 0 Å². The van der Waals surface area contributed by atoms with E-state index in [-0.39, 0.29) is 4.06 Å². The van der Waals surface area contributed by atoms with Crippen LogP contribution in [0.1, 0.15) is 10.8 Å². The second-order valence-corrected chi connectivity index (χ2v) is 8.34. The highest BCUT2D eigenvalue weighted by Crippen LogP contribution is 2.50. The fourth-order valence-electron chi connectivity index (χ4n) is 1.56. The van der Waals surface area contributed by atoms with Crippen molar-refractivity contribution in [3.8, 4) is 0 Å². The molecule has 82 valence electrons. The summed E-state index contributed by atoms with van der Waals surface area (Å²) >= 11 is 6.45. The fourth-order valence-corrected chi connectivity index (χ4v) is 7.33. The molecule has 1 aromatic heterocycles. The first-order valence-corrected chi connectivity index (χ1v) is 8.31. The molecule has 0 saturated heterocycles. The predicted molar refractivity (Wildman–Crippen MR) is 74.2 cm³/mol. The van der Waals surface area contributed by atoms with Gasteiger partial charge in [-0.25, -0.2) is 0 Å². The zero-order valence-electron chi connectivity index (χ0n) is 8.21. The molecule has 0 aliphatic carbocycles. The van der Waals surface area contributed by atoms with Crippen molar-refractivity contribution >= 4 is 46.2 Å². The van der Waals surface area contributed by atoms with E-state index >= 15 is 0 Å². The Labute approximate surface area is 110 Å². The number of benzene rings is 1. The Morgan fingerprint density at radius 2 is 1.81 bits per heavy atom. The van der Waals surface area contributed by atoms with E-state index in [9.17, 15) is 4.79 Å². The van der Waals surface area contributed by atoms with E-state index in [1.807, 2.05) is 29.6 Å². The van der Waals surface area contributed by atoms with Crippen molar-refractivity contribution in [3.05, 3.63) is 44.7 Å². The van der Waals surface area contributed by atoms with Gasteiger partial charge in [0.15, 0.2) is 0 Å². The number of rotatable bonds is 1. The molecule has 0 N–H and O–H groups in total. The molecule has 5 heteroatoms. The molecule has 0 spiro atoms. The quantitative estimate of drug-likeness (QED) is 0.784. The highest BCUT2D eigenvalue weighted by atomic mass is 32.2. The van der Waals surface area contributed by atoms with Crippen molar-refractivity contribution in [2.75, 3.05) is 5.75 Å². The maximum Gasteiger partial charge on any atom is 0.289 e. The number of thioether (sulfide) groups is 2. The summed E-state index contributed by atoms with van der Waals surface area (Å²) in [6.45, 7) is 0. The van der Waals surface area contributed by atoms with Gasteiger partial charge in [-0.1, -0.05) is 53.0 Å². The van der Waals surface area contributed by atoms with Gasteiger partial charge in [0.1, 0.15) is 0 Å². The summed E-state index contributed by atoms with van der Waals surface area (Å²) in [6, 6.07) is 10.5. The molecule has 1 atom stereocenters. The lowest BCUT2D eigenvalue weighted by Gasteiger charge is -2.20. The van der Waals surface area contributed by atoms with Crippen LogP contribution in [0.5, 0.6) is 0 Å². The lowest BCUT2D eigenvalue weighted by atomic mass is 10.2. The van der Waals surface area contributed by atoms with Gasteiger partial charge in [0, 0.05) is 11.0 Å². The Morgan fingerprint density at radius 1 is 1.06 bits per heavy atom. The molecule has 3 rings (SSSR count). The molecular formula is C11H8OS4. The predicted octanol–water partition coefficient (Wildman–Crippen LogP) is 4.11. The molecule has 1 aliphatic heterocycles. The molecule has 16 heavy (non-hydrogen) atoms. The minimum atomic E-state index is 0.221. The average Bonchev–Trinajstić information content (AvgIpc) is 2.69. The molecule has 0 amide bonds. The summed E-state index contributed by atoms with van der Waals surface area (Å²) in [4.78, 5) is 11.3. The second kappa shape index (κ2) is 4.56. The van der Waals surface area contributed by atoms with Crippen LogP contribution in [0, 0.1) is 0 Å². The van der Waals surface area contributed by atoms with Crippen molar-refractivity contribution in [3.63, 3.8) is 0 Å². The topological polar surface area (TPSA) is 17.1 Å². The van der Waals surface area contributed by atoms with Crippen molar-refractivity contribution in [2.24, 2.45) is 0 Å². The lowest BCUT2D eigenvalue weighted by Crippen LogP contribution is -2.00. The third-order valence-corrected chi connectivity index (χ3v) is 7.90. The van der Waals surface area contributed by atoms with Crippen LogP contribution in [0.3, 0.4) is 0 Å². The molecule has 0 bridgehead atoms. The van der Waals surface area contributed by atoms with Gasteiger partial charge < -0.3 is 0 Å². The Balaban J connectivity index is 1.91. The van der Waals surface area contributed by atoms with Gasteiger partial charge in [0.05, 0.1) is 8.42 Å². The van der Waals surface area contributed by atoms with Crippen molar-refractivity contribution in [2.45, 2.75) is 13.7 Å². The first-order valence-electron chi connectivity index (χ1n) is 4.81. The summed E-state index contributed by atoms with van der Waals surface area (Å²) in [5, 5.41) is 0.490. The molecule has 0 fully saturated rings. The molecule has 1 aromatic carbocycles. The van der Waals surface area contributed by atoms with Crippen molar-refractivity contribution < 1.29 is 0 Å². The number of hydrogen-bond donors (Lipinski definition) is 0. The number of hydrogen-bond acceptors (Lipinski definition) is 5. The summed E-state index contributed by atoms with van der Waals surface area (Å²) in [6.07, 6.45) is 0. The summed E-state index contributed by atoms with van der Waals surface area (Å²) < 4.78 is 2.64. The first kappa shape index (κ1) is 10.9. The van der Waals surface area contributed by atoms with Gasteiger partial charge in [-0.15, -0.1) is 23.5 Å². The van der Waals surface area contributed by atoms with E-state index in [0.29, 0.717) is 5.25 Å². The maximum absolute atomic E-state index is 11.3. The summed E-state index contributed by atoms with van der Waals surface area (Å²) in [5.74, 6) is 1.06. The molecular weight excluding hydrogens is 276 g/mol. The smallest absolute Gasteiger partial charge is 0.265 e. The highest BCUT2D eigenvalue weighted by Gasteiger charge is 2.24. The SMILES string of the molecule is O=c1sc2c(s1)SC(c1ccccc1)CS2. The van der Waals surface area contributed by atoms with E-state index in [1.165, 1.54) is 36.7 Å². The molecule has 2 heterocycles. The van der Waals surface area contributed by atoms with Crippen LogP contribution < -0.4 is 4.06 Å². The monoisotopic (exact) mass is 284 g/mol. The Kier molecular flexibility index (Phi) is 3.11. The van der Waals surface area contributed by atoms with Crippen LogP contribution in [0.4, 0.5) is 0 Å². The summed E-state index contributed by atoms with van der Waals surface area (Å²) in [7, 11) is 0. The van der Waals surface area contributed by atoms with E-state index in [1.54, 1.807) is 0 Å². The van der Waals surface area contributed by atoms with Crippen LogP contribution in [0.25, 0.3) is 0 Å². The van der Waals surface area contributed by atoms with Crippen LogP contribution >= 0.6 is 46.2 Å². The third-order valence-electron chi connectivity index (χ3n) is 2.31. The largest absolute Gasteiger partial charge is 0.289 e. The fraction of sp³-hybridized carbons (Fsp3) is 0.182. The van der Waals surface area contributed by atoms with E-state index in [0.717, 1.165) is 5.75 Å². The maximum atomic E-state index is 11.3. The van der Waals surface area contributed by atoms with Gasteiger partial charge in [0.25, 0.3) is 4.06 Å². The zero-order valence-corrected chi connectivity index (χ0v) is 11.5. The minimum absolute atomic E-state index is 0.221. The second-order valence-electron chi connectivity index (χ2n) is 3.36. The standard InChI is InChI=1S/C11H8OS4/c12-11-15-9-10(16-11)14-8(6-13-9)7-4-2-1-3-5-7/h1-5,8H,6H2. The zero-order chi connectivity index (χ0) is 11.0.